The number of benzene rings is 1. The summed E-state index contributed by atoms with van der Waals surface area (Å²) in [4.78, 5) is 12.2. The van der Waals surface area contributed by atoms with E-state index in [1.54, 1.807) is 0 Å². The predicted octanol–water partition coefficient (Wildman–Crippen LogP) is 3.57. The van der Waals surface area contributed by atoms with E-state index in [0.29, 0.717) is 11.4 Å². The van der Waals surface area contributed by atoms with Crippen LogP contribution in [-0.4, -0.2) is 11.4 Å². The number of halogens is 1. The molecule has 1 amide bonds. The minimum Gasteiger partial charge on any atom is -0.350 e. The Labute approximate surface area is 125 Å². The molecule has 1 aliphatic rings. The Bertz CT molecular complexity index is 469. The van der Waals surface area contributed by atoms with E-state index in [-0.39, 0.29) is 17.5 Å². The Hall–Kier alpha value is -1.06. The molecule has 0 aromatic heterocycles. The summed E-state index contributed by atoms with van der Waals surface area (Å²) in [5.74, 6) is 0.0295. The van der Waals surface area contributed by atoms with Crippen LogP contribution in [0.15, 0.2) is 24.3 Å². The fourth-order valence-electron chi connectivity index (χ4n) is 2.90. The lowest BCUT2D eigenvalue weighted by molar-refractivity contribution is -0.123. The van der Waals surface area contributed by atoms with Crippen molar-refractivity contribution >= 4 is 17.5 Å². The van der Waals surface area contributed by atoms with E-state index in [1.165, 1.54) is 6.42 Å². The van der Waals surface area contributed by atoms with Crippen LogP contribution in [0.2, 0.25) is 5.02 Å². The van der Waals surface area contributed by atoms with Gasteiger partial charge in [-0.15, -0.1) is 0 Å². The molecule has 2 rings (SSSR count). The van der Waals surface area contributed by atoms with Gasteiger partial charge in [-0.3, -0.25) is 4.79 Å². The smallest absolute Gasteiger partial charge is 0.222 e. The molecule has 110 valence electrons. The maximum atomic E-state index is 12.2. The highest BCUT2D eigenvalue weighted by molar-refractivity contribution is 6.30. The molecule has 0 bridgehead atoms. The van der Waals surface area contributed by atoms with Crippen LogP contribution in [0.1, 0.15) is 57.1 Å². The summed E-state index contributed by atoms with van der Waals surface area (Å²) in [5, 5.41) is 3.70. The second kappa shape index (κ2) is 6.59. The van der Waals surface area contributed by atoms with Crippen LogP contribution in [0.4, 0.5) is 0 Å². The Morgan fingerprint density at radius 1 is 1.40 bits per heavy atom. The van der Waals surface area contributed by atoms with Gasteiger partial charge in [-0.05, 0) is 37.5 Å². The summed E-state index contributed by atoms with van der Waals surface area (Å²) in [6.07, 6.45) is 5.82. The highest BCUT2D eigenvalue weighted by atomic mass is 35.5. The van der Waals surface area contributed by atoms with Crippen LogP contribution >= 0.6 is 11.6 Å². The summed E-state index contributed by atoms with van der Waals surface area (Å²) in [6.45, 7) is 1.97. The molecule has 1 aromatic rings. The topological polar surface area (TPSA) is 55.1 Å². The van der Waals surface area contributed by atoms with Gasteiger partial charge < -0.3 is 11.1 Å². The summed E-state index contributed by atoms with van der Waals surface area (Å²) in [5.41, 5.74) is 7.02. The molecule has 0 heterocycles. The van der Waals surface area contributed by atoms with E-state index >= 15 is 0 Å². The number of hydrogen-bond donors (Lipinski definition) is 2. The molecule has 0 aliphatic heterocycles. The number of nitrogens with two attached hydrogens (primary N) is 1. The van der Waals surface area contributed by atoms with Gasteiger partial charge in [0.1, 0.15) is 0 Å². The van der Waals surface area contributed by atoms with Crippen molar-refractivity contribution < 1.29 is 4.79 Å². The number of carbonyl (C=O) groups excluding carboxylic acids is 1. The van der Waals surface area contributed by atoms with Gasteiger partial charge in [0.2, 0.25) is 5.91 Å². The number of carbonyl (C=O) groups is 1. The van der Waals surface area contributed by atoms with Gasteiger partial charge in [0.15, 0.2) is 0 Å². The maximum Gasteiger partial charge on any atom is 0.222 e. The fourth-order valence-corrected chi connectivity index (χ4v) is 3.10. The summed E-state index contributed by atoms with van der Waals surface area (Å²) < 4.78 is 0. The zero-order chi connectivity index (χ0) is 14.6. The van der Waals surface area contributed by atoms with Crippen molar-refractivity contribution in [3.05, 3.63) is 34.9 Å². The first-order valence-electron chi connectivity index (χ1n) is 7.32. The zero-order valence-electron chi connectivity index (χ0n) is 12.0. The number of amides is 1. The van der Waals surface area contributed by atoms with Gasteiger partial charge in [-0.2, -0.15) is 0 Å². The second-order valence-corrected chi connectivity index (χ2v) is 6.38. The molecule has 20 heavy (non-hydrogen) atoms. The van der Waals surface area contributed by atoms with Crippen molar-refractivity contribution in [2.45, 2.75) is 57.0 Å². The minimum absolute atomic E-state index is 0.0295. The van der Waals surface area contributed by atoms with Gasteiger partial charge >= 0.3 is 0 Å². The van der Waals surface area contributed by atoms with Crippen LogP contribution < -0.4 is 11.1 Å². The van der Waals surface area contributed by atoms with Gasteiger partial charge in [0.25, 0.3) is 0 Å². The fraction of sp³-hybridized carbons (Fsp3) is 0.562. The summed E-state index contributed by atoms with van der Waals surface area (Å²) in [6, 6.07) is 7.52. The third-order valence-corrected chi connectivity index (χ3v) is 4.32. The second-order valence-electron chi connectivity index (χ2n) is 5.94. The molecule has 4 heteroatoms. The quantitative estimate of drug-likeness (QED) is 0.892. The van der Waals surface area contributed by atoms with E-state index in [0.717, 1.165) is 31.2 Å². The normalized spacial score (nSPS) is 19.4. The van der Waals surface area contributed by atoms with Gasteiger partial charge in [-0.25, -0.2) is 0 Å². The van der Waals surface area contributed by atoms with Crippen molar-refractivity contribution in [3.8, 4) is 0 Å². The molecule has 1 saturated carbocycles. The monoisotopic (exact) mass is 294 g/mol. The lowest BCUT2D eigenvalue weighted by Crippen LogP contribution is -2.46. The average Bonchev–Trinajstić information content (AvgIpc) is 2.38. The minimum atomic E-state index is -0.309. The summed E-state index contributed by atoms with van der Waals surface area (Å²) >= 11 is 5.97. The molecular formula is C16H23ClN2O. The lowest BCUT2D eigenvalue weighted by atomic mass is 9.80. The van der Waals surface area contributed by atoms with E-state index < -0.39 is 0 Å². The maximum absolute atomic E-state index is 12.2. The van der Waals surface area contributed by atoms with Crippen molar-refractivity contribution in [1.82, 2.24) is 5.32 Å². The molecule has 1 fully saturated rings. The van der Waals surface area contributed by atoms with Crippen LogP contribution in [0.5, 0.6) is 0 Å². The van der Waals surface area contributed by atoms with Crippen LogP contribution in [-0.2, 0) is 4.79 Å². The Kier molecular flexibility index (Phi) is 5.06. The molecule has 1 atom stereocenters. The molecular weight excluding hydrogens is 272 g/mol. The Morgan fingerprint density at radius 3 is 2.75 bits per heavy atom. The average molecular weight is 295 g/mol. The van der Waals surface area contributed by atoms with Gasteiger partial charge in [0.05, 0.1) is 6.04 Å². The standard InChI is InChI=1S/C16H23ClN2O/c1-12(13-6-5-7-14(17)10-13)19-15(20)11-16(18)8-3-2-4-9-16/h5-7,10,12H,2-4,8-9,11,18H2,1H3,(H,19,20). The first-order valence-corrected chi connectivity index (χ1v) is 7.70. The lowest BCUT2D eigenvalue weighted by Gasteiger charge is -2.33. The number of hydrogen-bond acceptors (Lipinski definition) is 2. The van der Waals surface area contributed by atoms with Crippen molar-refractivity contribution in [2.75, 3.05) is 0 Å². The van der Waals surface area contributed by atoms with Crippen LogP contribution in [0, 0.1) is 0 Å². The van der Waals surface area contributed by atoms with Crippen molar-refractivity contribution in [3.63, 3.8) is 0 Å². The molecule has 1 aromatic carbocycles. The molecule has 0 radical (unpaired) electrons. The third kappa shape index (κ3) is 4.22. The highest BCUT2D eigenvalue weighted by Crippen LogP contribution is 2.29. The number of nitrogens with one attached hydrogen (secondary N) is 1. The van der Waals surface area contributed by atoms with Crippen LogP contribution in [0.3, 0.4) is 0 Å². The molecule has 0 saturated heterocycles. The molecule has 0 spiro atoms. The Balaban J connectivity index is 1.90. The van der Waals surface area contributed by atoms with Crippen molar-refractivity contribution in [1.29, 1.82) is 0 Å². The predicted molar refractivity (Wildman–Crippen MR) is 82.6 cm³/mol. The first-order chi connectivity index (χ1) is 9.48. The molecule has 1 unspecified atom stereocenters. The van der Waals surface area contributed by atoms with Gasteiger partial charge in [-0.1, -0.05) is 43.0 Å². The first kappa shape index (κ1) is 15.3. The SMILES string of the molecule is CC(NC(=O)CC1(N)CCCCC1)c1cccc(Cl)c1. The van der Waals surface area contributed by atoms with E-state index in [2.05, 4.69) is 5.32 Å². The van der Waals surface area contributed by atoms with E-state index in [9.17, 15) is 4.79 Å². The third-order valence-electron chi connectivity index (χ3n) is 4.09. The highest BCUT2D eigenvalue weighted by Gasteiger charge is 2.30. The van der Waals surface area contributed by atoms with Gasteiger partial charge in [0, 0.05) is 17.0 Å². The zero-order valence-corrected chi connectivity index (χ0v) is 12.7. The van der Waals surface area contributed by atoms with Crippen LogP contribution in [0.25, 0.3) is 0 Å². The molecule has 3 nitrogen and oxygen atoms in total. The number of rotatable bonds is 4. The molecule has 1 aliphatic carbocycles. The van der Waals surface area contributed by atoms with E-state index in [1.807, 2.05) is 31.2 Å². The van der Waals surface area contributed by atoms with E-state index in [4.69, 9.17) is 17.3 Å². The molecule has 3 N–H and O–H groups in total. The Morgan fingerprint density at radius 2 is 2.10 bits per heavy atom. The summed E-state index contributed by atoms with van der Waals surface area (Å²) in [7, 11) is 0. The largest absolute Gasteiger partial charge is 0.350 e. The van der Waals surface area contributed by atoms with Crippen molar-refractivity contribution in [2.24, 2.45) is 5.73 Å².